The molecule has 2 nitrogen and oxygen atoms in total. The van der Waals surface area contributed by atoms with Gasteiger partial charge in [0.25, 0.3) is 5.91 Å². The molecule has 1 aliphatic carbocycles. The van der Waals surface area contributed by atoms with Gasteiger partial charge in [0.05, 0.1) is 0 Å². The second-order valence-electron chi connectivity index (χ2n) is 7.76. The first kappa shape index (κ1) is 18.5. The molecular formula is C26H27NO. The van der Waals surface area contributed by atoms with Gasteiger partial charge in [0.1, 0.15) is 0 Å². The monoisotopic (exact) mass is 369 g/mol. The Hall–Kier alpha value is -2.87. The minimum absolute atomic E-state index is 0.0437. The third-order valence-corrected chi connectivity index (χ3v) is 5.87. The maximum absolute atomic E-state index is 12.6. The van der Waals surface area contributed by atoms with Gasteiger partial charge in [-0.3, -0.25) is 4.79 Å². The van der Waals surface area contributed by atoms with E-state index in [-0.39, 0.29) is 11.9 Å². The van der Waals surface area contributed by atoms with Gasteiger partial charge in [0.2, 0.25) is 0 Å². The van der Waals surface area contributed by atoms with Crippen LogP contribution in [0.3, 0.4) is 0 Å². The molecule has 1 saturated carbocycles. The number of nitrogens with one attached hydrogen (secondary N) is 1. The third kappa shape index (κ3) is 4.33. The summed E-state index contributed by atoms with van der Waals surface area (Å²) in [6.07, 6.45) is 4.44. The lowest BCUT2D eigenvalue weighted by Gasteiger charge is -2.35. The van der Waals surface area contributed by atoms with E-state index in [9.17, 15) is 4.79 Å². The van der Waals surface area contributed by atoms with Crippen molar-refractivity contribution in [2.75, 3.05) is 0 Å². The second-order valence-corrected chi connectivity index (χ2v) is 7.76. The van der Waals surface area contributed by atoms with Crippen molar-refractivity contribution < 1.29 is 4.79 Å². The lowest BCUT2D eigenvalue weighted by atomic mass is 9.72. The van der Waals surface area contributed by atoms with Crippen molar-refractivity contribution in [3.05, 3.63) is 108 Å². The van der Waals surface area contributed by atoms with Crippen molar-refractivity contribution in [2.45, 2.75) is 37.6 Å². The van der Waals surface area contributed by atoms with Crippen molar-refractivity contribution in [1.29, 1.82) is 0 Å². The minimum Gasteiger partial charge on any atom is -0.349 e. The van der Waals surface area contributed by atoms with E-state index in [0.717, 1.165) is 24.8 Å². The summed E-state index contributed by atoms with van der Waals surface area (Å²) >= 11 is 0. The molecule has 1 aliphatic rings. The normalized spacial score (nSPS) is 19.3. The van der Waals surface area contributed by atoms with E-state index in [1.165, 1.54) is 17.5 Å². The van der Waals surface area contributed by atoms with Crippen LogP contribution in [0.15, 0.2) is 91.0 Å². The van der Waals surface area contributed by atoms with E-state index in [4.69, 9.17) is 0 Å². The van der Waals surface area contributed by atoms with E-state index in [1.54, 1.807) is 0 Å². The summed E-state index contributed by atoms with van der Waals surface area (Å²) in [5.74, 6) is 0.945. The lowest BCUT2D eigenvalue weighted by Crippen LogP contribution is -2.39. The van der Waals surface area contributed by atoms with Crippen LogP contribution in [0.4, 0.5) is 0 Å². The zero-order valence-corrected chi connectivity index (χ0v) is 16.1. The van der Waals surface area contributed by atoms with Gasteiger partial charge in [0, 0.05) is 17.5 Å². The van der Waals surface area contributed by atoms with Crippen LogP contribution in [-0.2, 0) is 0 Å². The zero-order chi connectivity index (χ0) is 19.2. The third-order valence-electron chi connectivity index (χ3n) is 5.87. The molecule has 0 radical (unpaired) electrons. The van der Waals surface area contributed by atoms with Gasteiger partial charge in [-0.2, -0.15) is 0 Å². The van der Waals surface area contributed by atoms with Crippen molar-refractivity contribution in [3.8, 4) is 0 Å². The van der Waals surface area contributed by atoms with Crippen LogP contribution < -0.4 is 5.32 Å². The van der Waals surface area contributed by atoms with Crippen LogP contribution in [-0.4, -0.2) is 11.9 Å². The number of hydrogen-bond acceptors (Lipinski definition) is 1. The highest BCUT2D eigenvalue weighted by Gasteiger charge is 2.31. The number of carbonyl (C=O) groups is 1. The fraction of sp³-hybridized carbons (Fsp3) is 0.269. The van der Waals surface area contributed by atoms with Gasteiger partial charge in [-0.15, -0.1) is 0 Å². The molecule has 2 atom stereocenters. The average Bonchev–Trinajstić information content (AvgIpc) is 2.76. The lowest BCUT2D eigenvalue weighted by molar-refractivity contribution is 0.0917. The molecule has 0 aromatic heterocycles. The number of benzene rings is 3. The summed E-state index contributed by atoms with van der Waals surface area (Å²) in [7, 11) is 0. The molecule has 0 unspecified atom stereocenters. The molecule has 142 valence electrons. The Balaban J connectivity index is 1.53. The van der Waals surface area contributed by atoms with E-state index in [0.29, 0.717) is 11.8 Å². The fourth-order valence-corrected chi connectivity index (χ4v) is 4.58. The summed E-state index contributed by atoms with van der Waals surface area (Å²) in [4.78, 5) is 12.6. The Morgan fingerprint density at radius 1 is 0.750 bits per heavy atom. The van der Waals surface area contributed by atoms with Gasteiger partial charge in [-0.1, -0.05) is 85.3 Å². The maximum atomic E-state index is 12.6. The standard InChI is InChI=1S/C26H27NO/c28-26(22-15-8-3-9-16-22)27-24-18-10-17-23(19-24)25(20-11-4-1-5-12-20)21-13-6-2-7-14-21/h1-9,11-16,23-25H,10,17-19H2,(H,27,28)/t23-,24+/m0/s1. The number of rotatable bonds is 5. The number of hydrogen-bond donors (Lipinski definition) is 1. The van der Waals surface area contributed by atoms with Crippen LogP contribution in [0.25, 0.3) is 0 Å². The molecule has 3 aromatic carbocycles. The van der Waals surface area contributed by atoms with Gasteiger partial charge < -0.3 is 5.32 Å². The molecule has 0 heterocycles. The van der Waals surface area contributed by atoms with Crippen LogP contribution in [0.5, 0.6) is 0 Å². The molecule has 0 bridgehead atoms. The highest BCUT2D eigenvalue weighted by atomic mass is 16.1. The number of amides is 1. The quantitative estimate of drug-likeness (QED) is 0.604. The zero-order valence-electron chi connectivity index (χ0n) is 16.1. The van der Waals surface area contributed by atoms with Gasteiger partial charge in [0.15, 0.2) is 0 Å². The average molecular weight is 370 g/mol. The second kappa shape index (κ2) is 8.88. The number of carbonyl (C=O) groups excluding carboxylic acids is 1. The summed E-state index contributed by atoms with van der Waals surface area (Å²) in [5, 5.41) is 3.28. The highest BCUT2D eigenvalue weighted by Crippen LogP contribution is 2.40. The van der Waals surface area contributed by atoms with Crippen LogP contribution in [0, 0.1) is 5.92 Å². The Labute approximate surface area is 167 Å². The molecule has 0 aliphatic heterocycles. The van der Waals surface area contributed by atoms with Crippen molar-refractivity contribution >= 4 is 5.91 Å². The maximum Gasteiger partial charge on any atom is 0.251 e. The van der Waals surface area contributed by atoms with E-state index in [1.807, 2.05) is 30.3 Å². The Morgan fingerprint density at radius 3 is 1.86 bits per heavy atom. The molecule has 2 heteroatoms. The van der Waals surface area contributed by atoms with Crippen LogP contribution in [0.2, 0.25) is 0 Å². The van der Waals surface area contributed by atoms with Gasteiger partial charge >= 0.3 is 0 Å². The SMILES string of the molecule is O=C(N[C@@H]1CCC[C@H](C(c2ccccc2)c2ccccc2)C1)c1ccccc1. The summed E-state index contributed by atoms with van der Waals surface area (Å²) in [5.41, 5.74) is 3.48. The van der Waals surface area contributed by atoms with Crippen molar-refractivity contribution in [3.63, 3.8) is 0 Å². The molecule has 0 spiro atoms. The molecule has 3 aromatic rings. The Morgan fingerprint density at radius 2 is 1.29 bits per heavy atom. The molecule has 0 saturated heterocycles. The summed E-state index contributed by atoms with van der Waals surface area (Å²) in [6, 6.07) is 31.4. The first-order chi connectivity index (χ1) is 13.8. The molecule has 28 heavy (non-hydrogen) atoms. The van der Waals surface area contributed by atoms with Gasteiger partial charge in [-0.05, 0) is 48.4 Å². The van der Waals surface area contributed by atoms with E-state index in [2.05, 4.69) is 66.0 Å². The van der Waals surface area contributed by atoms with E-state index < -0.39 is 0 Å². The smallest absolute Gasteiger partial charge is 0.251 e. The van der Waals surface area contributed by atoms with Gasteiger partial charge in [-0.25, -0.2) is 0 Å². The fourth-order valence-electron chi connectivity index (χ4n) is 4.58. The Kier molecular flexibility index (Phi) is 5.86. The predicted molar refractivity (Wildman–Crippen MR) is 114 cm³/mol. The Bertz CT molecular complexity index is 837. The highest BCUT2D eigenvalue weighted by molar-refractivity contribution is 5.94. The summed E-state index contributed by atoms with van der Waals surface area (Å²) < 4.78 is 0. The molecule has 1 fully saturated rings. The summed E-state index contributed by atoms with van der Waals surface area (Å²) in [6.45, 7) is 0. The minimum atomic E-state index is 0.0437. The van der Waals surface area contributed by atoms with E-state index >= 15 is 0 Å². The predicted octanol–water partition coefficient (Wildman–Crippen LogP) is 5.81. The first-order valence-electron chi connectivity index (χ1n) is 10.3. The van der Waals surface area contributed by atoms with Crippen LogP contribution in [0.1, 0.15) is 53.1 Å². The topological polar surface area (TPSA) is 29.1 Å². The molecular weight excluding hydrogens is 342 g/mol. The molecule has 1 amide bonds. The first-order valence-corrected chi connectivity index (χ1v) is 10.3. The molecule has 4 rings (SSSR count). The molecule has 1 N–H and O–H groups in total. The van der Waals surface area contributed by atoms with Crippen molar-refractivity contribution in [1.82, 2.24) is 5.32 Å². The van der Waals surface area contributed by atoms with Crippen LogP contribution >= 0.6 is 0 Å². The largest absolute Gasteiger partial charge is 0.349 e. The van der Waals surface area contributed by atoms with Crippen molar-refractivity contribution in [2.24, 2.45) is 5.92 Å².